The number of aliphatic carboxylic acids is 1. The van der Waals surface area contributed by atoms with Gasteiger partial charge in [-0.15, -0.1) is 0 Å². The maximum Gasteiger partial charge on any atom is 0.325 e. The second-order valence-corrected chi connectivity index (χ2v) is 6.67. The number of hydrogen-bond donors (Lipinski definition) is 3. The highest BCUT2D eigenvalue weighted by atomic mass is 32.2. The number of carbonyl (C=O) groups is 2. The van der Waals surface area contributed by atoms with E-state index < -0.39 is 27.9 Å². The van der Waals surface area contributed by atoms with Gasteiger partial charge in [0, 0.05) is 11.6 Å². The summed E-state index contributed by atoms with van der Waals surface area (Å²) >= 11 is 0. The molecule has 1 fully saturated rings. The predicted molar refractivity (Wildman–Crippen MR) is 74.3 cm³/mol. The van der Waals surface area contributed by atoms with Gasteiger partial charge in [-0.05, 0) is 38.0 Å². The molecule has 0 aromatic heterocycles. The zero-order chi connectivity index (χ0) is 15.6. The van der Waals surface area contributed by atoms with Gasteiger partial charge >= 0.3 is 5.97 Å². The van der Waals surface area contributed by atoms with Gasteiger partial charge in [-0.2, -0.15) is 0 Å². The first-order valence-corrected chi connectivity index (χ1v) is 7.94. The van der Waals surface area contributed by atoms with Gasteiger partial charge in [0.1, 0.15) is 6.04 Å². The van der Waals surface area contributed by atoms with E-state index in [9.17, 15) is 18.0 Å². The maximum absolute atomic E-state index is 12.1. The summed E-state index contributed by atoms with van der Waals surface area (Å²) in [5.74, 6) is -1.80. The molecule has 0 spiro atoms. The van der Waals surface area contributed by atoms with E-state index in [4.69, 9.17) is 5.11 Å². The van der Waals surface area contributed by atoms with Crippen molar-refractivity contribution in [3.05, 3.63) is 29.8 Å². The van der Waals surface area contributed by atoms with Crippen LogP contribution in [0.25, 0.3) is 0 Å². The minimum atomic E-state index is -3.64. The highest BCUT2D eigenvalue weighted by molar-refractivity contribution is 7.89. The molecule has 0 bridgehead atoms. The smallest absolute Gasteiger partial charge is 0.325 e. The van der Waals surface area contributed by atoms with Crippen LogP contribution in [0.15, 0.2) is 29.2 Å². The van der Waals surface area contributed by atoms with Gasteiger partial charge in [-0.1, -0.05) is 6.07 Å². The van der Waals surface area contributed by atoms with Crippen molar-refractivity contribution < 1.29 is 23.1 Å². The summed E-state index contributed by atoms with van der Waals surface area (Å²) in [6.45, 7) is 1.33. The average molecular weight is 312 g/mol. The van der Waals surface area contributed by atoms with Crippen LogP contribution < -0.4 is 10.0 Å². The van der Waals surface area contributed by atoms with Gasteiger partial charge in [0.25, 0.3) is 5.91 Å². The molecule has 1 aliphatic rings. The largest absolute Gasteiger partial charge is 0.480 e. The van der Waals surface area contributed by atoms with Crippen LogP contribution in [0.2, 0.25) is 0 Å². The van der Waals surface area contributed by atoms with Crippen LogP contribution in [0.5, 0.6) is 0 Å². The van der Waals surface area contributed by atoms with Crippen molar-refractivity contribution in [3.8, 4) is 0 Å². The molecule has 1 aromatic carbocycles. The highest BCUT2D eigenvalue weighted by Gasteiger charge is 2.28. The Morgan fingerprint density at radius 2 is 2.00 bits per heavy atom. The van der Waals surface area contributed by atoms with Crippen molar-refractivity contribution in [3.63, 3.8) is 0 Å². The van der Waals surface area contributed by atoms with Gasteiger partial charge in [0.2, 0.25) is 10.0 Å². The summed E-state index contributed by atoms with van der Waals surface area (Å²) in [7, 11) is -3.64. The quantitative estimate of drug-likeness (QED) is 0.700. The van der Waals surface area contributed by atoms with Crippen LogP contribution in [0.3, 0.4) is 0 Å². The Bertz CT molecular complexity index is 667. The van der Waals surface area contributed by atoms with Gasteiger partial charge in [0.05, 0.1) is 4.90 Å². The topological polar surface area (TPSA) is 113 Å². The first-order valence-electron chi connectivity index (χ1n) is 6.45. The first kappa shape index (κ1) is 15.5. The Labute approximate surface area is 122 Å². The third-order valence-electron chi connectivity index (χ3n) is 3.02. The molecule has 0 unspecified atom stereocenters. The molecular weight excluding hydrogens is 296 g/mol. The van der Waals surface area contributed by atoms with Gasteiger partial charge in [-0.25, -0.2) is 13.1 Å². The van der Waals surface area contributed by atoms with E-state index >= 15 is 0 Å². The Morgan fingerprint density at radius 3 is 2.57 bits per heavy atom. The van der Waals surface area contributed by atoms with Crippen LogP contribution in [-0.2, 0) is 14.8 Å². The Hall–Kier alpha value is -1.93. The van der Waals surface area contributed by atoms with Crippen molar-refractivity contribution in [1.29, 1.82) is 0 Å². The van der Waals surface area contributed by atoms with E-state index in [-0.39, 0.29) is 16.5 Å². The fourth-order valence-electron chi connectivity index (χ4n) is 1.63. The molecule has 2 rings (SSSR count). The second kappa shape index (κ2) is 5.82. The number of amides is 1. The van der Waals surface area contributed by atoms with Crippen LogP contribution in [0.1, 0.15) is 30.1 Å². The summed E-state index contributed by atoms with van der Waals surface area (Å²) in [5, 5.41) is 11.0. The summed E-state index contributed by atoms with van der Waals surface area (Å²) in [4.78, 5) is 22.6. The number of benzene rings is 1. The molecular formula is C13H16N2O5S. The standard InChI is InChI=1S/C13H16N2O5S/c1-8(13(17)18)14-12(16)9-3-2-4-11(7-9)21(19,20)15-10-5-6-10/h2-4,7-8,10,15H,5-6H2,1H3,(H,14,16)(H,17,18)/t8-/m0/s1. The minimum absolute atomic E-state index is 0.00923. The average Bonchev–Trinajstić information content (AvgIpc) is 3.22. The van der Waals surface area contributed by atoms with Gasteiger partial charge in [0.15, 0.2) is 0 Å². The van der Waals surface area contributed by atoms with Crippen LogP contribution >= 0.6 is 0 Å². The van der Waals surface area contributed by atoms with Crippen molar-refractivity contribution in [2.75, 3.05) is 0 Å². The fourth-order valence-corrected chi connectivity index (χ4v) is 2.99. The first-order chi connectivity index (χ1) is 9.79. The number of carbonyl (C=O) groups excluding carboxylic acids is 1. The Kier molecular flexibility index (Phi) is 4.29. The normalized spacial score (nSPS) is 16.2. The molecule has 1 aromatic rings. The monoisotopic (exact) mass is 312 g/mol. The number of carboxylic acids is 1. The van der Waals surface area contributed by atoms with Crippen molar-refractivity contribution >= 4 is 21.9 Å². The van der Waals surface area contributed by atoms with Crippen molar-refractivity contribution in [2.24, 2.45) is 0 Å². The molecule has 1 amide bonds. The van der Waals surface area contributed by atoms with Crippen LogP contribution in [-0.4, -0.2) is 37.5 Å². The van der Waals surface area contributed by atoms with Crippen LogP contribution in [0.4, 0.5) is 0 Å². The molecule has 0 heterocycles. The number of carboxylic acid groups (broad SMARTS) is 1. The second-order valence-electron chi connectivity index (χ2n) is 4.96. The lowest BCUT2D eigenvalue weighted by Crippen LogP contribution is -2.38. The fraction of sp³-hybridized carbons (Fsp3) is 0.385. The molecule has 8 heteroatoms. The lowest BCUT2D eigenvalue weighted by Gasteiger charge is -2.10. The summed E-state index contributed by atoms with van der Waals surface area (Å²) in [5.41, 5.74) is 0.0989. The van der Waals surface area contributed by atoms with Crippen LogP contribution in [0, 0.1) is 0 Å². The molecule has 7 nitrogen and oxygen atoms in total. The number of sulfonamides is 1. The Morgan fingerprint density at radius 1 is 1.33 bits per heavy atom. The van der Waals surface area contributed by atoms with E-state index in [1.54, 1.807) is 0 Å². The number of rotatable bonds is 6. The lowest BCUT2D eigenvalue weighted by molar-refractivity contribution is -0.138. The predicted octanol–water partition coefficient (Wildman–Crippen LogP) is 0.330. The van der Waals surface area contributed by atoms with E-state index in [2.05, 4.69) is 10.0 Å². The highest BCUT2D eigenvalue weighted by Crippen LogP contribution is 2.22. The summed E-state index contributed by atoms with van der Waals surface area (Å²) < 4.78 is 26.6. The SMILES string of the molecule is C[C@H](NC(=O)c1cccc(S(=O)(=O)NC2CC2)c1)C(=O)O. The minimum Gasteiger partial charge on any atom is -0.480 e. The van der Waals surface area contributed by atoms with Gasteiger partial charge < -0.3 is 10.4 Å². The van der Waals surface area contributed by atoms with Crippen molar-refractivity contribution in [2.45, 2.75) is 36.7 Å². The van der Waals surface area contributed by atoms with E-state index in [0.29, 0.717) is 0 Å². The molecule has 0 saturated heterocycles. The number of nitrogens with one attached hydrogen (secondary N) is 2. The Balaban J connectivity index is 2.17. The molecule has 1 atom stereocenters. The third kappa shape index (κ3) is 4.02. The maximum atomic E-state index is 12.1. The van der Waals surface area contributed by atoms with E-state index in [0.717, 1.165) is 12.8 Å². The third-order valence-corrected chi connectivity index (χ3v) is 4.54. The van der Waals surface area contributed by atoms with Crippen molar-refractivity contribution in [1.82, 2.24) is 10.0 Å². The van der Waals surface area contributed by atoms with E-state index in [1.165, 1.54) is 31.2 Å². The molecule has 114 valence electrons. The summed E-state index contributed by atoms with van der Waals surface area (Å²) in [6.07, 6.45) is 1.63. The van der Waals surface area contributed by atoms with E-state index in [1.807, 2.05) is 0 Å². The lowest BCUT2D eigenvalue weighted by atomic mass is 10.2. The molecule has 0 radical (unpaired) electrons. The summed E-state index contributed by atoms with van der Waals surface area (Å²) in [6, 6.07) is 4.42. The molecule has 21 heavy (non-hydrogen) atoms. The molecule has 1 saturated carbocycles. The molecule has 3 N–H and O–H groups in total. The molecule has 0 aliphatic heterocycles. The van der Waals surface area contributed by atoms with Gasteiger partial charge in [-0.3, -0.25) is 9.59 Å². The zero-order valence-electron chi connectivity index (χ0n) is 11.4. The zero-order valence-corrected chi connectivity index (χ0v) is 12.2. The molecule has 1 aliphatic carbocycles. The number of hydrogen-bond acceptors (Lipinski definition) is 4.